The number of pyridine rings is 1. The van der Waals surface area contributed by atoms with Gasteiger partial charge in [-0.15, -0.1) is 0 Å². The van der Waals surface area contributed by atoms with E-state index in [0.29, 0.717) is 13.1 Å². The molecule has 0 amide bonds. The van der Waals surface area contributed by atoms with E-state index in [4.69, 9.17) is 0 Å². The highest BCUT2D eigenvalue weighted by Crippen LogP contribution is 2.06. The van der Waals surface area contributed by atoms with Crippen molar-refractivity contribution in [3.63, 3.8) is 0 Å². The molecule has 15 heavy (non-hydrogen) atoms. The summed E-state index contributed by atoms with van der Waals surface area (Å²) in [7, 11) is 0. The van der Waals surface area contributed by atoms with Crippen molar-refractivity contribution in [1.82, 2.24) is 10.3 Å². The van der Waals surface area contributed by atoms with Gasteiger partial charge in [-0.2, -0.15) is 0 Å². The highest BCUT2D eigenvalue weighted by atomic mass is 79.9. The molecular formula is C11H17BrN2O. The summed E-state index contributed by atoms with van der Waals surface area (Å²) in [6, 6.07) is 5.80. The van der Waals surface area contributed by atoms with Crippen molar-refractivity contribution in [1.29, 1.82) is 0 Å². The zero-order valence-electron chi connectivity index (χ0n) is 9.07. The van der Waals surface area contributed by atoms with Crippen molar-refractivity contribution >= 4 is 15.9 Å². The first-order chi connectivity index (χ1) is 7.09. The molecule has 0 aliphatic rings. The molecule has 0 radical (unpaired) electrons. The van der Waals surface area contributed by atoms with Crippen LogP contribution in [-0.2, 0) is 6.54 Å². The van der Waals surface area contributed by atoms with E-state index in [0.717, 1.165) is 10.3 Å². The summed E-state index contributed by atoms with van der Waals surface area (Å²) in [6.45, 7) is 5.29. The normalized spacial score (nSPS) is 13.1. The van der Waals surface area contributed by atoms with Crippen LogP contribution in [0.1, 0.15) is 19.5 Å². The van der Waals surface area contributed by atoms with E-state index in [-0.39, 0.29) is 12.0 Å². The summed E-state index contributed by atoms with van der Waals surface area (Å²) in [5.41, 5.74) is 0.973. The van der Waals surface area contributed by atoms with Crippen LogP contribution in [0.2, 0.25) is 0 Å². The molecule has 2 N–H and O–H groups in total. The van der Waals surface area contributed by atoms with Crippen LogP contribution in [0, 0.1) is 5.92 Å². The summed E-state index contributed by atoms with van der Waals surface area (Å²) in [5.74, 6) is 0.285. The lowest BCUT2D eigenvalue weighted by Gasteiger charge is -2.14. The van der Waals surface area contributed by atoms with Crippen LogP contribution in [-0.4, -0.2) is 22.7 Å². The first-order valence-corrected chi connectivity index (χ1v) is 5.89. The predicted octanol–water partition coefficient (Wildman–Crippen LogP) is 1.95. The molecule has 0 aliphatic heterocycles. The number of nitrogens with one attached hydrogen (secondary N) is 1. The van der Waals surface area contributed by atoms with Crippen molar-refractivity contribution in [2.75, 3.05) is 6.54 Å². The van der Waals surface area contributed by atoms with Gasteiger partial charge < -0.3 is 10.4 Å². The molecular weight excluding hydrogens is 256 g/mol. The van der Waals surface area contributed by atoms with Gasteiger partial charge in [-0.1, -0.05) is 19.9 Å². The maximum atomic E-state index is 9.57. The topological polar surface area (TPSA) is 45.1 Å². The summed E-state index contributed by atoms with van der Waals surface area (Å²) in [4.78, 5) is 4.29. The van der Waals surface area contributed by atoms with Crippen molar-refractivity contribution in [3.8, 4) is 0 Å². The standard InChI is InChI=1S/C11H17BrN2O/c1-8(2)10(15)7-13-6-9-4-3-5-11(12)14-9/h3-5,8,10,13,15H,6-7H2,1-2H3. The average molecular weight is 273 g/mol. The Morgan fingerprint density at radius 1 is 1.47 bits per heavy atom. The van der Waals surface area contributed by atoms with Crippen LogP contribution < -0.4 is 5.32 Å². The molecule has 1 rings (SSSR count). The number of halogens is 1. The zero-order valence-corrected chi connectivity index (χ0v) is 10.7. The number of hydrogen-bond donors (Lipinski definition) is 2. The Bertz CT molecular complexity index is 304. The summed E-state index contributed by atoms with van der Waals surface area (Å²) in [5, 5.41) is 12.7. The van der Waals surface area contributed by atoms with E-state index >= 15 is 0 Å². The molecule has 0 bridgehead atoms. The molecule has 0 spiro atoms. The Labute approximate surface area is 99.1 Å². The maximum absolute atomic E-state index is 9.57. The minimum atomic E-state index is -0.294. The lowest BCUT2D eigenvalue weighted by atomic mass is 10.1. The highest BCUT2D eigenvalue weighted by Gasteiger charge is 2.07. The van der Waals surface area contributed by atoms with Gasteiger partial charge in [0.1, 0.15) is 4.60 Å². The minimum absolute atomic E-state index is 0.285. The Balaban J connectivity index is 2.32. The van der Waals surface area contributed by atoms with E-state index in [1.54, 1.807) is 0 Å². The van der Waals surface area contributed by atoms with Gasteiger partial charge in [-0.25, -0.2) is 4.98 Å². The summed E-state index contributed by atoms with van der Waals surface area (Å²) in [6.07, 6.45) is -0.294. The fourth-order valence-electron chi connectivity index (χ4n) is 1.13. The smallest absolute Gasteiger partial charge is 0.106 e. The molecule has 1 aromatic heterocycles. The van der Waals surface area contributed by atoms with Gasteiger partial charge in [0, 0.05) is 13.1 Å². The van der Waals surface area contributed by atoms with E-state index < -0.39 is 0 Å². The second-order valence-electron chi connectivity index (χ2n) is 3.89. The number of aromatic nitrogens is 1. The van der Waals surface area contributed by atoms with E-state index in [1.807, 2.05) is 32.0 Å². The van der Waals surface area contributed by atoms with Gasteiger partial charge in [-0.05, 0) is 34.0 Å². The van der Waals surface area contributed by atoms with Crippen LogP contribution in [0.4, 0.5) is 0 Å². The fraction of sp³-hybridized carbons (Fsp3) is 0.545. The van der Waals surface area contributed by atoms with Gasteiger partial charge >= 0.3 is 0 Å². The monoisotopic (exact) mass is 272 g/mol. The number of aliphatic hydroxyl groups is 1. The summed E-state index contributed by atoms with van der Waals surface area (Å²) >= 11 is 3.32. The van der Waals surface area contributed by atoms with E-state index in [2.05, 4.69) is 26.2 Å². The van der Waals surface area contributed by atoms with Crippen molar-refractivity contribution in [3.05, 3.63) is 28.5 Å². The molecule has 84 valence electrons. The largest absolute Gasteiger partial charge is 0.392 e. The number of rotatable bonds is 5. The maximum Gasteiger partial charge on any atom is 0.106 e. The molecule has 1 unspecified atom stereocenters. The third-order valence-corrected chi connectivity index (χ3v) is 2.64. The first kappa shape index (κ1) is 12.6. The number of hydrogen-bond acceptors (Lipinski definition) is 3. The third-order valence-electron chi connectivity index (χ3n) is 2.20. The second kappa shape index (κ2) is 6.20. The fourth-order valence-corrected chi connectivity index (χ4v) is 1.51. The quantitative estimate of drug-likeness (QED) is 0.806. The SMILES string of the molecule is CC(C)C(O)CNCc1cccc(Br)n1. The van der Waals surface area contributed by atoms with E-state index in [1.165, 1.54) is 0 Å². The van der Waals surface area contributed by atoms with Crippen LogP contribution in [0.3, 0.4) is 0 Å². The zero-order chi connectivity index (χ0) is 11.3. The van der Waals surface area contributed by atoms with Gasteiger partial charge in [-0.3, -0.25) is 0 Å². The van der Waals surface area contributed by atoms with Gasteiger partial charge in [0.25, 0.3) is 0 Å². The van der Waals surface area contributed by atoms with Crippen molar-refractivity contribution < 1.29 is 5.11 Å². The van der Waals surface area contributed by atoms with Gasteiger partial charge in [0.05, 0.1) is 11.8 Å². The Kier molecular flexibility index (Phi) is 5.22. The Morgan fingerprint density at radius 3 is 2.80 bits per heavy atom. The van der Waals surface area contributed by atoms with Gasteiger partial charge in [0.15, 0.2) is 0 Å². The van der Waals surface area contributed by atoms with Gasteiger partial charge in [0.2, 0.25) is 0 Å². The molecule has 0 saturated heterocycles. The van der Waals surface area contributed by atoms with Crippen molar-refractivity contribution in [2.45, 2.75) is 26.5 Å². The molecule has 0 aliphatic carbocycles. The van der Waals surface area contributed by atoms with E-state index in [9.17, 15) is 5.11 Å². The minimum Gasteiger partial charge on any atom is -0.392 e. The lowest BCUT2D eigenvalue weighted by Crippen LogP contribution is -2.30. The number of aliphatic hydroxyl groups excluding tert-OH is 1. The molecule has 0 aromatic carbocycles. The third kappa shape index (κ3) is 4.73. The lowest BCUT2D eigenvalue weighted by molar-refractivity contribution is 0.123. The summed E-state index contributed by atoms with van der Waals surface area (Å²) < 4.78 is 0.839. The first-order valence-electron chi connectivity index (χ1n) is 5.10. The second-order valence-corrected chi connectivity index (χ2v) is 4.71. The predicted molar refractivity (Wildman–Crippen MR) is 64.5 cm³/mol. The Morgan fingerprint density at radius 2 is 2.20 bits per heavy atom. The average Bonchev–Trinajstić information content (AvgIpc) is 2.17. The van der Waals surface area contributed by atoms with Crippen LogP contribution in [0.25, 0.3) is 0 Å². The molecule has 1 aromatic rings. The van der Waals surface area contributed by atoms with Crippen molar-refractivity contribution in [2.24, 2.45) is 5.92 Å². The van der Waals surface area contributed by atoms with Crippen LogP contribution in [0.15, 0.2) is 22.8 Å². The molecule has 0 saturated carbocycles. The van der Waals surface area contributed by atoms with Crippen LogP contribution >= 0.6 is 15.9 Å². The molecule has 0 fully saturated rings. The molecule has 1 heterocycles. The van der Waals surface area contributed by atoms with Crippen LogP contribution in [0.5, 0.6) is 0 Å². The molecule has 1 atom stereocenters. The Hall–Kier alpha value is -0.450. The molecule has 3 nitrogen and oxygen atoms in total. The highest BCUT2D eigenvalue weighted by molar-refractivity contribution is 9.10. The number of nitrogens with zero attached hydrogens (tertiary/aromatic N) is 1. The molecule has 4 heteroatoms.